The van der Waals surface area contributed by atoms with Gasteiger partial charge in [-0.3, -0.25) is 9.69 Å². The molecule has 0 spiro atoms. The molecular weight excluding hydrogens is 352 g/mol. The Hall–Kier alpha value is -2.47. The number of nitrogens with zero attached hydrogens (tertiary/aromatic N) is 4. The fourth-order valence-electron chi connectivity index (χ4n) is 4.20. The van der Waals surface area contributed by atoms with E-state index in [4.69, 9.17) is 9.72 Å². The number of benzene rings is 1. The topological polar surface area (TPSA) is 58.6 Å². The average molecular weight is 380 g/mol. The highest BCUT2D eigenvalue weighted by Crippen LogP contribution is 2.27. The summed E-state index contributed by atoms with van der Waals surface area (Å²) in [5, 5.41) is 0. The van der Waals surface area contributed by atoms with Crippen LogP contribution in [0.25, 0.3) is 0 Å². The first-order chi connectivity index (χ1) is 13.6. The zero-order chi connectivity index (χ0) is 19.5. The Morgan fingerprint density at radius 1 is 1.25 bits per heavy atom. The third-order valence-electron chi connectivity index (χ3n) is 5.83. The largest absolute Gasteiger partial charge is 0.497 e. The summed E-state index contributed by atoms with van der Waals surface area (Å²) in [6.45, 7) is 6.07. The molecule has 1 aromatic heterocycles. The van der Waals surface area contributed by atoms with Gasteiger partial charge in [-0.1, -0.05) is 12.1 Å². The first-order valence-corrected chi connectivity index (χ1v) is 10.1. The number of piperidine rings is 1. The van der Waals surface area contributed by atoms with Crippen molar-refractivity contribution in [2.45, 2.75) is 45.2 Å². The molecule has 0 bridgehead atoms. The van der Waals surface area contributed by atoms with Crippen LogP contribution in [0.1, 0.15) is 48.3 Å². The molecule has 28 heavy (non-hydrogen) atoms. The molecule has 2 aliphatic heterocycles. The van der Waals surface area contributed by atoms with Gasteiger partial charge < -0.3 is 9.64 Å². The van der Waals surface area contributed by atoms with Gasteiger partial charge in [-0.2, -0.15) is 0 Å². The van der Waals surface area contributed by atoms with Gasteiger partial charge in [-0.15, -0.1) is 0 Å². The second kappa shape index (κ2) is 8.27. The minimum absolute atomic E-state index is 0.121. The lowest BCUT2D eigenvalue weighted by molar-refractivity contribution is -0.129. The van der Waals surface area contributed by atoms with Gasteiger partial charge in [0.15, 0.2) is 0 Å². The number of fused-ring (bicyclic) bond motifs is 1. The monoisotopic (exact) mass is 380 g/mol. The summed E-state index contributed by atoms with van der Waals surface area (Å²) >= 11 is 0. The van der Waals surface area contributed by atoms with E-state index < -0.39 is 0 Å². The van der Waals surface area contributed by atoms with Crippen LogP contribution in [-0.2, 0) is 24.3 Å². The molecule has 0 radical (unpaired) electrons. The number of ether oxygens (including phenoxy) is 1. The van der Waals surface area contributed by atoms with Crippen LogP contribution in [-0.4, -0.2) is 52.4 Å². The summed E-state index contributed by atoms with van der Waals surface area (Å²) in [4.78, 5) is 25.6. The predicted octanol–water partition coefficient (Wildman–Crippen LogP) is 2.77. The fraction of sp³-hybridized carbons (Fsp3) is 0.500. The molecule has 1 fully saturated rings. The fourth-order valence-corrected chi connectivity index (χ4v) is 4.20. The van der Waals surface area contributed by atoms with Crippen LogP contribution in [0.2, 0.25) is 0 Å². The second-order valence-corrected chi connectivity index (χ2v) is 7.81. The SMILES string of the molecule is COc1ccc(CN2CCC[C@@H](c3ncc4c(n3)CCN(C(C)=O)C4)C2)cc1. The minimum atomic E-state index is 0.121. The molecule has 1 atom stereocenters. The van der Waals surface area contributed by atoms with Crippen LogP contribution in [0.4, 0.5) is 0 Å². The minimum Gasteiger partial charge on any atom is -0.497 e. The van der Waals surface area contributed by atoms with E-state index in [0.717, 1.165) is 61.9 Å². The number of carbonyl (C=O) groups is 1. The third-order valence-corrected chi connectivity index (χ3v) is 5.83. The van der Waals surface area contributed by atoms with Crippen molar-refractivity contribution in [3.8, 4) is 5.75 Å². The van der Waals surface area contributed by atoms with Crippen molar-refractivity contribution in [2.24, 2.45) is 0 Å². The third kappa shape index (κ3) is 4.17. The standard InChI is InChI=1S/C22H28N4O2/c1-16(27)26-11-9-21-19(15-26)12-23-22(24-21)18-4-3-10-25(14-18)13-17-5-7-20(28-2)8-6-17/h5-8,12,18H,3-4,9-11,13-15H2,1-2H3/t18-/m1/s1. The predicted molar refractivity (Wildman–Crippen MR) is 107 cm³/mol. The Morgan fingerprint density at radius 2 is 2.07 bits per heavy atom. The molecule has 148 valence electrons. The number of rotatable bonds is 4. The molecule has 6 nitrogen and oxygen atoms in total. The lowest BCUT2D eigenvalue weighted by Gasteiger charge is -2.33. The average Bonchev–Trinajstić information content (AvgIpc) is 2.73. The summed E-state index contributed by atoms with van der Waals surface area (Å²) in [7, 11) is 1.69. The highest BCUT2D eigenvalue weighted by molar-refractivity contribution is 5.73. The highest BCUT2D eigenvalue weighted by atomic mass is 16.5. The maximum Gasteiger partial charge on any atom is 0.219 e. The normalized spacial score (nSPS) is 19.9. The quantitative estimate of drug-likeness (QED) is 0.816. The molecule has 0 unspecified atom stereocenters. The van der Waals surface area contributed by atoms with Gasteiger partial charge in [0, 0.05) is 57.2 Å². The van der Waals surface area contributed by atoms with E-state index in [1.165, 1.54) is 12.0 Å². The van der Waals surface area contributed by atoms with Crippen LogP contribution >= 0.6 is 0 Å². The zero-order valence-corrected chi connectivity index (χ0v) is 16.7. The molecule has 0 saturated carbocycles. The van der Waals surface area contributed by atoms with E-state index in [1.807, 2.05) is 23.2 Å². The van der Waals surface area contributed by atoms with E-state index in [2.05, 4.69) is 22.0 Å². The first kappa shape index (κ1) is 18.9. The van der Waals surface area contributed by atoms with Crippen LogP contribution in [0.3, 0.4) is 0 Å². The van der Waals surface area contributed by atoms with Crippen LogP contribution < -0.4 is 4.74 Å². The molecule has 1 amide bonds. The molecule has 0 aliphatic carbocycles. The summed E-state index contributed by atoms with van der Waals surface area (Å²) in [6.07, 6.45) is 5.07. The van der Waals surface area contributed by atoms with Gasteiger partial charge in [0.25, 0.3) is 0 Å². The molecule has 1 aromatic carbocycles. The maximum atomic E-state index is 11.6. The van der Waals surface area contributed by atoms with Gasteiger partial charge >= 0.3 is 0 Å². The van der Waals surface area contributed by atoms with Gasteiger partial charge in [-0.25, -0.2) is 9.97 Å². The van der Waals surface area contributed by atoms with Crippen molar-refractivity contribution >= 4 is 5.91 Å². The second-order valence-electron chi connectivity index (χ2n) is 7.81. The van der Waals surface area contributed by atoms with Crippen molar-refractivity contribution in [1.29, 1.82) is 0 Å². The van der Waals surface area contributed by atoms with Crippen molar-refractivity contribution in [1.82, 2.24) is 19.8 Å². The Bertz CT molecular complexity index is 837. The van der Waals surface area contributed by atoms with Crippen molar-refractivity contribution in [3.63, 3.8) is 0 Å². The summed E-state index contributed by atoms with van der Waals surface area (Å²) < 4.78 is 5.25. The summed E-state index contributed by atoms with van der Waals surface area (Å²) in [5.41, 5.74) is 3.52. The zero-order valence-electron chi connectivity index (χ0n) is 16.7. The smallest absolute Gasteiger partial charge is 0.219 e. The van der Waals surface area contributed by atoms with Gasteiger partial charge in [-0.05, 0) is 37.1 Å². The number of aromatic nitrogens is 2. The Labute approximate surface area is 166 Å². The van der Waals surface area contributed by atoms with E-state index >= 15 is 0 Å². The highest BCUT2D eigenvalue weighted by Gasteiger charge is 2.26. The van der Waals surface area contributed by atoms with Crippen LogP contribution in [0, 0.1) is 0 Å². The number of methoxy groups -OCH3 is 1. The molecule has 4 rings (SSSR count). The van der Waals surface area contributed by atoms with Crippen molar-refractivity contribution in [2.75, 3.05) is 26.7 Å². The van der Waals surface area contributed by atoms with Crippen molar-refractivity contribution in [3.05, 3.63) is 53.1 Å². The Kier molecular flexibility index (Phi) is 5.57. The van der Waals surface area contributed by atoms with Crippen molar-refractivity contribution < 1.29 is 9.53 Å². The van der Waals surface area contributed by atoms with E-state index in [1.54, 1.807) is 14.0 Å². The van der Waals surface area contributed by atoms with Crippen LogP contribution in [0.15, 0.2) is 30.5 Å². The number of amides is 1. The Balaban J connectivity index is 1.42. The van der Waals surface area contributed by atoms with E-state index in [9.17, 15) is 4.79 Å². The molecular formula is C22H28N4O2. The Morgan fingerprint density at radius 3 is 2.82 bits per heavy atom. The summed E-state index contributed by atoms with van der Waals surface area (Å²) in [6, 6.07) is 8.32. The molecule has 6 heteroatoms. The number of carbonyl (C=O) groups excluding carboxylic acids is 1. The molecule has 0 N–H and O–H groups in total. The number of likely N-dealkylation sites (tertiary alicyclic amines) is 1. The molecule has 1 saturated heterocycles. The number of hydrogen-bond donors (Lipinski definition) is 0. The lowest BCUT2D eigenvalue weighted by Crippen LogP contribution is -2.36. The summed E-state index contributed by atoms with van der Waals surface area (Å²) in [5.74, 6) is 2.36. The molecule has 2 aromatic rings. The van der Waals surface area contributed by atoms with E-state index in [0.29, 0.717) is 12.5 Å². The molecule has 3 heterocycles. The molecule has 2 aliphatic rings. The maximum absolute atomic E-state index is 11.6. The lowest BCUT2D eigenvalue weighted by atomic mass is 9.96. The number of hydrogen-bond acceptors (Lipinski definition) is 5. The van der Waals surface area contributed by atoms with Gasteiger partial charge in [0.05, 0.1) is 12.8 Å². The first-order valence-electron chi connectivity index (χ1n) is 10.1. The van der Waals surface area contributed by atoms with Gasteiger partial charge in [0.1, 0.15) is 11.6 Å². The van der Waals surface area contributed by atoms with E-state index in [-0.39, 0.29) is 5.91 Å². The van der Waals surface area contributed by atoms with Gasteiger partial charge in [0.2, 0.25) is 5.91 Å². The van der Waals surface area contributed by atoms with Crippen LogP contribution in [0.5, 0.6) is 5.75 Å².